The van der Waals surface area contributed by atoms with Gasteiger partial charge in [0.05, 0.1) is 11.4 Å². The van der Waals surface area contributed by atoms with E-state index >= 15 is 0 Å². The molecule has 0 aliphatic heterocycles. The lowest BCUT2D eigenvalue weighted by Gasteiger charge is -2.17. The standard InChI is InChI=1S/C24H23N5O3/c1-15-7-6-10-18(20(15)26-22(31)24(2)11-12-24)32-14-17-13-19(30)29-23(25-17)27-21(28-29)16-8-4-3-5-9-16/h3-10,13H,11-12,14H2,1-2H3,(H,26,31)(H,25,27,28). The van der Waals surface area contributed by atoms with Crippen molar-refractivity contribution in [2.24, 2.45) is 5.41 Å². The summed E-state index contributed by atoms with van der Waals surface area (Å²) in [5, 5.41) is 7.32. The minimum absolute atomic E-state index is 0.00313. The summed E-state index contributed by atoms with van der Waals surface area (Å²) in [6, 6.07) is 16.5. The number of carbonyl (C=O) groups excluding carboxylic acids is 1. The van der Waals surface area contributed by atoms with Gasteiger partial charge < -0.3 is 15.0 Å². The van der Waals surface area contributed by atoms with Crippen molar-refractivity contribution in [3.8, 4) is 17.1 Å². The lowest BCUT2D eigenvalue weighted by Crippen LogP contribution is -2.22. The summed E-state index contributed by atoms with van der Waals surface area (Å²) in [4.78, 5) is 32.7. The number of H-pyrrole nitrogens is 1. The highest BCUT2D eigenvalue weighted by atomic mass is 16.5. The van der Waals surface area contributed by atoms with Gasteiger partial charge >= 0.3 is 0 Å². The quantitative estimate of drug-likeness (QED) is 0.487. The van der Waals surface area contributed by atoms with Crippen LogP contribution in [-0.2, 0) is 11.4 Å². The molecule has 8 nitrogen and oxygen atoms in total. The van der Waals surface area contributed by atoms with E-state index in [4.69, 9.17) is 4.74 Å². The Kier molecular flexibility index (Phi) is 4.77. The van der Waals surface area contributed by atoms with Crippen LogP contribution in [0.15, 0.2) is 59.4 Å². The molecule has 162 valence electrons. The van der Waals surface area contributed by atoms with E-state index in [1.807, 2.05) is 56.3 Å². The zero-order valence-corrected chi connectivity index (χ0v) is 17.9. The molecule has 2 aromatic carbocycles. The Morgan fingerprint density at radius 2 is 1.97 bits per heavy atom. The van der Waals surface area contributed by atoms with Crippen LogP contribution in [0.25, 0.3) is 17.2 Å². The molecule has 0 spiro atoms. The molecule has 0 unspecified atom stereocenters. The van der Waals surface area contributed by atoms with E-state index in [0.29, 0.717) is 28.7 Å². The fraction of sp³-hybridized carbons (Fsp3) is 0.250. The van der Waals surface area contributed by atoms with Crippen LogP contribution in [0, 0.1) is 12.3 Å². The lowest BCUT2D eigenvalue weighted by molar-refractivity contribution is -0.120. The minimum atomic E-state index is -0.300. The van der Waals surface area contributed by atoms with Crippen LogP contribution in [0.5, 0.6) is 5.75 Å². The normalized spacial score (nSPS) is 14.3. The largest absolute Gasteiger partial charge is 0.485 e. The molecule has 5 rings (SSSR count). The predicted molar refractivity (Wildman–Crippen MR) is 121 cm³/mol. The number of rotatable bonds is 6. The van der Waals surface area contributed by atoms with E-state index in [9.17, 15) is 9.59 Å². The highest BCUT2D eigenvalue weighted by Crippen LogP contribution is 2.46. The number of amides is 1. The van der Waals surface area contributed by atoms with Crippen molar-refractivity contribution in [2.75, 3.05) is 5.32 Å². The van der Waals surface area contributed by atoms with Gasteiger partial charge in [-0.15, -0.1) is 5.10 Å². The first kappa shape index (κ1) is 20.0. The third-order valence-electron chi connectivity index (χ3n) is 5.82. The van der Waals surface area contributed by atoms with E-state index in [-0.39, 0.29) is 23.5 Å². The zero-order valence-electron chi connectivity index (χ0n) is 17.9. The van der Waals surface area contributed by atoms with Gasteiger partial charge in [0.25, 0.3) is 5.56 Å². The van der Waals surface area contributed by atoms with Crippen molar-refractivity contribution >= 4 is 17.4 Å². The Balaban J connectivity index is 1.39. The monoisotopic (exact) mass is 429 g/mol. The summed E-state index contributed by atoms with van der Waals surface area (Å²) in [7, 11) is 0. The number of fused-ring (bicyclic) bond motifs is 1. The topological polar surface area (TPSA) is 101 Å². The van der Waals surface area contributed by atoms with Crippen LogP contribution < -0.4 is 15.6 Å². The van der Waals surface area contributed by atoms with Crippen molar-refractivity contribution in [3.05, 3.63) is 76.2 Å². The van der Waals surface area contributed by atoms with Crippen molar-refractivity contribution < 1.29 is 9.53 Å². The van der Waals surface area contributed by atoms with Crippen LogP contribution in [0.2, 0.25) is 0 Å². The van der Waals surface area contributed by atoms with Crippen molar-refractivity contribution in [1.29, 1.82) is 0 Å². The molecule has 1 aliphatic rings. The number of nitrogens with zero attached hydrogens (tertiary/aromatic N) is 3. The van der Waals surface area contributed by atoms with Gasteiger partial charge in [-0.05, 0) is 31.4 Å². The number of aromatic nitrogens is 4. The summed E-state index contributed by atoms with van der Waals surface area (Å²) >= 11 is 0. The van der Waals surface area contributed by atoms with Crippen LogP contribution in [-0.4, -0.2) is 25.5 Å². The Labute approximate surface area is 184 Å². The number of carbonyl (C=O) groups is 1. The van der Waals surface area contributed by atoms with E-state index in [1.165, 1.54) is 10.6 Å². The van der Waals surface area contributed by atoms with Crippen molar-refractivity contribution in [3.63, 3.8) is 0 Å². The maximum absolute atomic E-state index is 12.6. The Bertz CT molecular complexity index is 1370. The molecule has 1 fully saturated rings. The number of benzene rings is 2. The average Bonchev–Trinajstić information content (AvgIpc) is 3.39. The molecule has 2 aromatic heterocycles. The molecule has 0 atom stereocenters. The van der Waals surface area contributed by atoms with E-state index < -0.39 is 0 Å². The third kappa shape index (κ3) is 3.75. The number of anilines is 1. The molecule has 1 amide bonds. The Morgan fingerprint density at radius 1 is 1.19 bits per heavy atom. The van der Waals surface area contributed by atoms with Gasteiger partial charge in [-0.25, -0.2) is 0 Å². The SMILES string of the molecule is Cc1cccc(OCc2cc(=O)n3nc(-c4ccccc4)nc3[nH]2)c1NC(=O)C1(C)CC1. The first-order valence-corrected chi connectivity index (χ1v) is 10.5. The highest BCUT2D eigenvalue weighted by Gasteiger charge is 2.45. The van der Waals surface area contributed by atoms with E-state index in [0.717, 1.165) is 24.0 Å². The van der Waals surface area contributed by atoms with Crippen molar-refractivity contribution in [2.45, 2.75) is 33.3 Å². The molecule has 2 heterocycles. The minimum Gasteiger partial charge on any atom is -0.485 e. The summed E-state index contributed by atoms with van der Waals surface area (Å²) in [5.74, 6) is 1.36. The van der Waals surface area contributed by atoms with Crippen LogP contribution in [0.1, 0.15) is 31.0 Å². The molecular formula is C24H23N5O3. The second-order valence-corrected chi connectivity index (χ2v) is 8.42. The van der Waals surface area contributed by atoms with Gasteiger partial charge in [-0.2, -0.15) is 9.50 Å². The van der Waals surface area contributed by atoms with Gasteiger partial charge in [0.15, 0.2) is 5.82 Å². The lowest BCUT2D eigenvalue weighted by atomic mass is 10.1. The highest BCUT2D eigenvalue weighted by molar-refractivity contribution is 5.98. The van der Waals surface area contributed by atoms with Crippen LogP contribution >= 0.6 is 0 Å². The van der Waals surface area contributed by atoms with Crippen LogP contribution in [0.4, 0.5) is 5.69 Å². The zero-order chi connectivity index (χ0) is 22.3. The summed E-state index contributed by atoms with van der Waals surface area (Å²) in [6.45, 7) is 4.00. The fourth-order valence-electron chi connectivity index (χ4n) is 3.48. The van der Waals surface area contributed by atoms with Gasteiger partial charge in [0.2, 0.25) is 11.7 Å². The van der Waals surface area contributed by atoms with Gasteiger partial charge in [0, 0.05) is 17.0 Å². The first-order chi connectivity index (χ1) is 15.4. The number of ether oxygens (including phenoxy) is 1. The first-order valence-electron chi connectivity index (χ1n) is 10.5. The third-order valence-corrected chi connectivity index (χ3v) is 5.82. The molecule has 0 bridgehead atoms. The molecule has 0 radical (unpaired) electrons. The fourth-order valence-corrected chi connectivity index (χ4v) is 3.48. The number of aryl methyl sites for hydroxylation is 1. The van der Waals surface area contributed by atoms with Gasteiger partial charge in [-0.1, -0.05) is 49.4 Å². The Morgan fingerprint density at radius 3 is 2.72 bits per heavy atom. The number of hydrogen-bond acceptors (Lipinski definition) is 5. The molecule has 0 saturated heterocycles. The molecule has 1 aliphatic carbocycles. The van der Waals surface area contributed by atoms with Gasteiger partial charge in [0.1, 0.15) is 12.4 Å². The summed E-state index contributed by atoms with van der Waals surface area (Å²) < 4.78 is 7.23. The van der Waals surface area contributed by atoms with E-state index in [1.54, 1.807) is 6.07 Å². The van der Waals surface area contributed by atoms with Gasteiger partial charge in [-0.3, -0.25) is 9.59 Å². The summed E-state index contributed by atoms with van der Waals surface area (Å²) in [6.07, 6.45) is 1.79. The number of nitrogens with one attached hydrogen (secondary N) is 2. The Hall–Kier alpha value is -3.94. The second kappa shape index (κ2) is 7.64. The average molecular weight is 429 g/mol. The number of aromatic amines is 1. The van der Waals surface area contributed by atoms with Crippen molar-refractivity contribution in [1.82, 2.24) is 19.6 Å². The number of hydrogen-bond donors (Lipinski definition) is 2. The molecule has 2 N–H and O–H groups in total. The smallest absolute Gasteiger partial charge is 0.276 e. The molecule has 4 aromatic rings. The molecule has 32 heavy (non-hydrogen) atoms. The molecule has 8 heteroatoms. The molecular weight excluding hydrogens is 406 g/mol. The number of para-hydroxylation sites is 1. The van der Waals surface area contributed by atoms with Crippen LogP contribution in [0.3, 0.4) is 0 Å². The van der Waals surface area contributed by atoms with E-state index in [2.05, 4.69) is 20.4 Å². The second-order valence-electron chi connectivity index (χ2n) is 8.42. The predicted octanol–water partition coefficient (Wildman–Crippen LogP) is 3.71. The summed E-state index contributed by atoms with van der Waals surface area (Å²) in [5.41, 5.74) is 2.36. The maximum atomic E-state index is 12.6. The maximum Gasteiger partial charge on any atom is 0.276 e. The molecule has 1 saturated carbocycles.